The Morgan fingerprint density at radius 1 is 1.03 bits per heavy atom. The highest BCUT2D eigenvalue weighted by atomic mass is 16.5. The molecule has 0 bridgehead atoms. The van der Waals surface area contributed by atoms with Gasteiger partial charge in [-0.25, -0.2) is 0 Å². The summed E-state index contributed by atoms with van der Waals surface area (Å²) in [7, 11) is 0. The van der Waals surface area contributed by atoms with Crippen molar-refractivity contribution in [3.8, 4) is 0 Å². The molecule has 0 saturated carbocycles. The molecule has 3 amide bonds. The molecule has 4 rings (SSSR count). The molecule has 1 N–H and O–H groups in total. The fourth-order valence-corrected chi connectivity index (χ4v) is 6.63. The number of rotatable bonds is 6. The van der Waals surface area contributed by atoms with Gasteiger partial charge in [0.05, 0.1) is 30.1 Å². The van der Waals surface area contributed by atoms with Crippen LogP contribution in [0.3, 0.4) is 0 Å². The van der Waals surface area contributed by atoms with Gasteiger partial charge in [0.15, 0.2) is 0 Å². The number of amides is 3. The van der Waals surface area contributed by atoms with Crippen LogP contribution in [0.1, 0.15) is 60.8 Å². The molecule has 4 aliphatic rings. The molecule has 4 aliphatic heterocycles. The van der Waals surface area contributed by atoms with Crippen LogP contribution in [0, 0.1) is 11.8 Å². The largest absolute Gasteiger partial charge is 0.394 e. The number of hydrogen-bond donors (Lipinski definition) is 1. The third-order valence-corrected chi connectivity index (χ3v) is 8.34. The second-order valence-corrected chi connectivity index (χ2v) is 11.3. The molecule has 4 heterocycles. The maximum atomic E-state index is 14.3. The third kappa shape index (κ3) is 3.67. The Morgan fingerprint density at radius 3 is 2.29 bits per heavy atom. The molecule has 0 aliphatic carbocycles. The average Bonchev–Trinajstić information content (AvgIpc) is 3.09. The highest BCUT2D eigenvalue weighted by Gasteiger charge is 2.76. The maximum absolute atomic E-state index is 14.3. The Hall–Kier alpha value is -2.19. The number of aliphatic hydroxyl groups is 1. The van der Waals surface area contributed by atoms with Crippen molar-refractivity contribution in [3.05, 3.63) is 24.3 Å². The van der Waals surface area contributed by atoms with Gasteiger partial charge in [0.25, 0.3) is 0 Å². The minimum absolute atomic E-state index is 0.0932. The van der Waals surface area contributed by atoms with Crippen LogP contribution in [0.25, 0.3) is 0 Å². The van der Waals surface area contributed by atoms with Crippen LogP contribution in [0.5, 0.6) is 0 Å². The number of carbonyl (C=O) groups excluding carboxylic acids is 3. The Labute approximate surface area is 208 Å². The predicted octanol–water partition coefficient (Wildman–Crippen LogP) is 2.12. The fraction of sp³-hybridized carbons (Fsp3) is 0.741. The molecule has 0 radical (unpaired) electrons. The molecule has 35 heavy (non-hydrogen) atoms. The van der Waals surface area contributed by atoms with E-state index >= 15 is 0 Å². The number of hydrogen-bond acceptors (Lipinski definition) is 5. The smallest absolute Gasteiger partial charge is 0.249 e. The standard InChI is InChI=1S/C27H41N3O5/c1-7-14-28-15-10-12-26(9-3)19(22(28)32)20-23(33)30(18(8-2)17-31)21-24(34)29(25(4,5)6)16-11-13-27(20,21)35-26/h10-13,18-21,31H,7-9,14-17H2,1-6H3/t18-,19+,20-,21?,26-,27-/m0/s1. The van der Waals surface area contributed by atoms with E-state index in [9.17, 15) is 19.5 Å². The van der Waals surface area contributed by atoms with Gasteiger partial charge in [-0.15, -0.1) is 0 Å². The normalized spacial score (nSPS) is 35.7. The van der Waals surface area contributed by atoms with Crippen molar-refractivity contribution in [3.63, 3.8) is 0 Å². The molecule has 2 fully saturated rings. The Morgan fingerprint density at radius 2 is 1.71 bits per heavy atom. The van der Waals surface area contributed by atoms with E-state index in [0.29, 0.717) is 32.5 Å². The summed E-state index contributed by atoms with van der Waals surface area (Å²) in [5.41, 5.74) is -2.71. The van der Waals surface area contributed by atoms with Gasteiger partial charge in [-0.3, -0.25) is 14.4 Å². The zero-order valence-electron chi connectivity index (χ0n) is 22.0. The quantitative estimate of drug-likeness (QED) is 0.580. The fourth-order valence-electron chi connectivity index (χ4n) is 6.63. The number of likely N-dealkylation sites (tertiary alicyclic amines) is 1. The van der Waals surface area contributed by atoms with E-state index in [1.54, 1.807) is 14.7 Å². The topological polar surface area (TPSA) is 90.4 Å². The van der Waals surface area contributed by atoms with Crippen molar-refractivity contribution in [1.82, 2.24) is 14.7 Å². The molecule has 1 unspecified atom stereocenters. The Balaban J connectivity index is 1.93. The van der Waals surface area contributed by atoms with Crippen LogP contribution in [-0.4, -0.2) is 92.6 Å². The van der Waals surface area contributed by atoms with Gasteiger partial charge in [0.1, 0.15) is 11.6 Å². The number of ether oxygens (including phenoxy) is 1. The Kier molecular flexibility index (Phi) is 6.68. The SMILES string of the molecule is CCCN1CC=C[C@]2(CC)O[C@]34C=CCN(C(C)(C)C)C(=O)C3N([C@@H](CC)CO)C(=O)[C@@H]4[C@@H]2C1=O. The van der Waals surface area contributed by atoms with Gasteiger partial charge in [-0.05, 0) is 40.0 Å². The maximum Gasteiger partial charge on any atom is 0.249 e. The van der Waals surface area contributed by atoms with Crippen LogP contribution in [0.15, 0.2) is 24.3 Å². The molecule has 2 saturated heterocycles. The summed E-state index contributed by atoms with van der Waals surface area (Å²) in [6.45, 7) is 13.0. The van der Waals surface area contributed by atoms with E-state index in [1.807, 2.05) is 65.8 Å². The van der Waals surface area contributed by atoms with Crippen molar-refractivity contribution in [2.24, 2.45) is 11.8 Å². The molecule has 6 atom stereocenters. The predicted molar refractivity (Wildman–Crippen MR) is 132 cm³/mol. The van der Waals surface area contributed by atoms with Gasteiger partial charge >= 0.3 is 0 Å². The second kappa shape index (κ2) is 9.04. The van der Waals surface area contributed by atoms with E-state index < -0.39 is 40.7 Å². The molecule has 0 aromatic rings. The van der Waals surface area contributed by atoms with Crippen molar-refractivity contribution in [2.75, 3.05) is 26.2 Å². The molecule has 194 valence electrons. The van der Waals surface area contributed by atoms with Crippen LogP contribution in [0.4, 0.5) is 0 Å². The minimum atomic E-state index is -1.27. The Bertz CT molecular complexity index is 936. The lowest BCUT2D eigenvalue weighted by molar-refractivity contribution is -0.159. The average molecular weight is 488 g/mol. The number of aliphatic hydroxyl groups excluding tert-OH is 1. The highest BCUT2D eigenvalue weighted by Crippen LogP contribution is 2.59. The molecule has 0 aromatic carbocycles. The van der Waals surface area contributed by atoms with Gasteiger partial charge in [0.2, 0.25) is 17.7 Å². The highest BCUT2D eigenvalue weighted by molar-refractivity contribution is 6.00. The summed E-state index contributed by atoms with van der Waals surface area (Å²) < 4.78 is 6.93. The zero-order valence-corrected chi connectivity index (χ0v) is 22.0. The number of carbonyl (C=O) groups is 3. The van der Waals surface area contributed by atoms with Gasteiger partial charge in [-0.1, -0.05) is 45.1 Å². The zero-order chi connectivity index (χ0) is 25.8. The number of nitrogens with zero attached hydrogens (tertiary/aromatic N) is 3. The lowest BCUT2D eigenvalue weighted by Crippen LogP contribution is -2.61. The molecular formula is C27H41N3O5. The summed E-state index contributed by atoms with van der Waals surface area (Å²) in [4.78, 5) is 47.7. The lowest BCUT2D eigenvalue weighted by atomic mass is 9.73. The number of fused-ring (bicyclic) bond motifs is 2. The van der Waals surface area contributed by atoms with Crippen molar-refractivity contribution >= 4 is 17.7 Å². The van der Waals surface area contributed by atoms with E-state index in [1.165, 1.54) is 0 Å². The third-order valence-electron chi connectivity index (χ3n) is 8.34. The van der Waals surface area contributed by atoms with E-state index in [4.69, 9.17) is 4.74 Å². The summed E-state index contributed by atoms with van der Waals surface area (Å²) in [6, 6.07) is -1.47. The van der Waals surface area contributed by atoms with Crippen LogP contribution < -0.4 is 0 Å². The lowest BCUT2D eigenvalue weighted by Gasteiger charge is -2.43. The molecule has 8 nitrogen and oxygen atoms in total. The van der Waals surface area contributed by atoms with Crippen LogP contribution in [-0.2, 0) is 19.1 Å². The molecule has 8 heteroatoms. The van der Waals surface area contributed by atoms with Crippen molar-refractivity contribution in [2.45, 2.75) is 89.6 Å². The van der Waals surface area contributed by atoms with Gasteiger partial charge < -0.3 is 24.5 Å². The van der Waals surface area contributed by atoms with Crippen molar-refractivity contribution in [1.29, 1.82) is 0 Å². The molecule has 0 aromatic heterocycles. The first-order chi connectivity index (χ1) is 16.5. The minimum Gasteiger partial charge on any atom is -0.394 e. The monoisotopic (exact) mass is 487 g/mol. The summed E-state index contributed by atoms with van der Waals surface area (Å²) in [6.07, 6.45) is 9.55. The first kappa shape index (κ1) is 25.9. The van der Waals surface area contributed by atoms with E-state index in [-0.39, 0.29) is 24.3 Å². The van der Waals surface area contributed by atoms with E-state index in [0.717, 1.165) is 6.42 Å². The second-order valence-electron chi connectivity index (χ2n) is 11.3. The van der Waals surface area contributed by atoms with Crippen LogP contribution in [0.2, 0.25) is 0 Å². The van der Waals surface area contributed by atoms with Gasteiger partial charge in [-0.2, -0.15) is 0 Å². The molecular weight excluding hydrogens is 446 g/mol. The molecule has 1 spiro atoms. The summed E-state index contributed by atoms with van der Waals surface area (Å²) in [5, 5.41) is 10.2. The first-order valence-corrected chi connectivity index (χ1v) is 13.1. The van der Waals surface area contributed by atoms with E-state index in [2.05, 4.69) is 0 Å². The van der Waals surface area contributed by atoms with Crippen molar-refractivity contribution < 1.29 is 24.2 Å². The van der Waals surface area contributed by atoms with Gasteiger partial charge in [0, 0.05) is 25.2 Å². The van der Waals surface area contributed by atoms with Crippen LogP contribution >= 0.6 is 0 Å². The first-order valence-electron chi connectivity index (χ1n) is 13.1. The summed E-state index contributed by atoms with van der Waals surface area (Å²) >= 11 is 0. The summed E-state index contributed by atoms with van der Waals surface area (Å²) in [5.74, 6) is -2.13.